The van der Waals surface area contributed by atoms with Crippen molar-refractivity contribution in [2.24, 2.45) is 0 Å². The van der Waals surface area contributed by atoms with E-state index in [1.165, 1.54) is 0 Å². The van der Waals surface area contributed by atoms with Crippen molar-refractivity contribution in [2.75, 3.05) is 0 Å². The lowest BCUT2D eigenvalue weighted by Gasteiger charge is -2.18. The van der Waals surface area contributed by atoms with Crippen molar-refractivity contribution in [1.29, 1.82) is 0 Å². The molecule has 77 valence electrons. The van der Waals surface area contributed by atoms with E-state index in [2.05, 4.69) is 0 Å². The van der Waals surface area contributed by atoms with E-state index in [9.17, 15) is 14.4 Å². The molecule has 7 nitrogen and oxygen atoms in total. The Bertz CT molecular complexity index is 233. The van der Waals surface area contributed by atoms with E-state index >= 15 is 0 Å². The van der Waals surface area contributed by atoms with Crippen molar-refractivity contribution in [2.45, 2.75) is 18.4 Å². The first-order chi connectivity index (χ1) is 5.78. The average Bonchev–Trinajstić information content (AvgIpc) is 1.82. The van der Waals surface area contributed by atoms with E-state index in [0.29, 0.717) is 0 Å². The molecule has 0 heterocycles. The zero-order valence-electron chi connectivity index (χ0n) is 7.01. The van der Waals surface area contributed by atoms with Crippen LogP contribution in [-0.4, -0.2) is 52.3 Å². The molecule has 0 aliphatic rings. The van der Waals surface area contributed by atoms with Crippen molar-refractivity contribution in [3.63, 3.8) is 0 Å². The van der Waals surface area contributed by atoms with Crippen LogP contribution in [0.2, 0.25) is 0 Å². The summed E-state index contributed by atoms with van der Waals surface area (Å²) in [7, 11) is 0. The summed E-state index contributed by atoms with van der Waals surface area (Å²) in [5.74, 6) is -5.02. The summed E-state index contributed by atoms with van der Waals surface area (Å²) in [5, 5.41) is 33.8. The predicted octanol–water partition coefficient (Wildman–Crippen LogP) is -1.63. The molecule has 0 amide bonds. The standard InChI is InChI=1S/C6H8O7.B/c7-3(8)1-6(13,5(11)12)2-4(9)10;/h13H,1-2H2,(H,7,8)(H,9,10)(H,11,12);. The zero-order valence-corrected chi connectivity index (χ0v) is 7.01. The van der Waals surface area contributed by atoms with Crippen LogP contribution >= 0.6 is 0 Å². The highest BCUT2D eigenvalue weighted by atomic mass is 16.4. The molecule has 0 aromatic rings. The molecule has 0 unspecified atom stereocenters. The summed E-state index contributed by atoms with van der Waals surface area (Å²) in [5.41, 5.74) is -2.74. The van der Waals surface area contributed by atoms with Gasteiger partial charge in [0.2, 0.25) is 0 Å². The molecule has 0 saturated carbocycles. The van der Waals surface area contributed by atoms with Crippen LogP contribution in [0.25, 0.3) is 0 Å². The minimum Gasteiger partial charge on any atom is -0.481 e. The lowest BCUT2D eigenvalue weighted by atomic mass is 9.96. The first kappa shape index (κ1) is 14.9. The number of aliphatic hydroxyl groups is 1. The van der Waals surface area contributed by atoms with E-state index < -0.39 is 36.4 Å². The van der Waals surface area contributed by atoms with Gasteiger partial charge in [0.25, 0.3) is 0 Å². The van der Waals surface area contributed by atoms with Crippen LogP contribution in [0.4, 0.5) is 0 Å². The molecule has 3 radical (unpaired) electrons. The van der Waals surface area contributed by atoms with Gasteiger partial charge in [0, 0.05) is 8.41 Å². The van der Waals surface area contributed by atoms with Gasteiger partial charge in [-0.15, -0.1) is 0 Å². The van der Waals surface area contributed by atoms with Gasteiger partial charge >= 0.3 is 17.9 Å². The average molecular weight is 203 g/mol. The number of carbonyl (C=O) groups is 3. The van der Waals surface area contributed by atoms with Crippen LogP contribution < -0.4 is 0 Å². The Hall–Kier alpha value is -1.57. The van der Waals surface area contributed by atoms with Crippen LogP contribution in [0.1, 0.15) is 12.8 Å². The number of hydrogen-bond acceptors (Lipinski definition) is 4. The lowest BCUT2D eigenvalue weighted by Crippen LogP contribution is -2.42. The number of carboxylic acids is 3. The highest BCUT2D eigenvalue weighted by molar-refractivity contribution is 5.88. The third-order valence-corrected chi connectivity index (χ3v) is 1.29. The maximum atomic E-state index is 10.3. The third kappa shape index (κ3) is 4.46. The minimum absolute atomic E-state index is 0. The molecular formula is C6H8BO7. The van der Waals surface area contributed by atoms with Crippen LogP contribution in [0.3, 0.4) is 0 Å². The Kier molecular flexibility index (Phi) is 5.57. The van der Waals surface area contributed by atoms with Crippen LogP contribution in [-0.2, 0) is 14.4 Å². The smallest absolute Gasteiger partial charge is 0.336 e. The highest BCUT2D eigenvalue weighted by Gasteiger charge is 2.40. The van der Waals surface area contributed by atoms with Crippen molar-refractivity contribution in [3.8, 4) is 0 Å². The summed E-state index contributed by atoms with van der Waals surface area (Å²) < 4.78 is 0. The second kappa shape index (κ2) is 5.23. The minimum atomic E-state index is -2.74. The summed E-state index contributed by atoms with van der Waals surface area (Å²) in [6, 6.07) is 0. The van der Waals surface area contributed by atoms with Gasteiger partial charge in [0.15, 0.2) is 5.60 Å². The quantitative estimate of drug-likeness (QED) is 0.394. The third-order valence-electron chi connectivity index (χ3n) is 1.29. The fourth-order valence-corrected chi connectivity index (χ4v) is 0.714. The molecular weight excluding hydrogens is 195 g/mol. The number of aliphatic carboxylic acids is 3. The van der Waals surface area contributed by atoms with Crippen molar-refractivity contribution in [3.05, 3.63) is 0 Å². The Morgan fingerprint density at radius 3 is 1.36 bits per heavy atom. The van der Waals surface area contributed by atoms with Gasteiger partial charge in [0.05, 0.1) is 12.8 Å². The molecule has 0 atom stereocenters. The molecule has 0 bridgehead atoms. The lowest BCUT2D eigenvalue weighted by molar-refractivity contribution is -0.170. The number of rotatable bonds is 5. The molecule has 8 heteroatoms. The Labute approximate surface area is 80.5 Å². The molecule has 0 aromatic carbocycles. The Morgan fingerprint density at radius 2 is 1.21 bits per heavy atom. The molecule has 0 rings (SSSR count). The predicted molar refractivity (Wildman–Crippen MR) is 42.8 cm³/mol. The van der Waals surface area contributed by atoms with Gasteiger partial charge < -0.3 is 20.4 Å². The van der Waals surface area contributed by atoms with Crippen molar-refractivity contribution >= 4 is 26.3 Å². The van der Waals surface area contributed by atoms with Gasteiger partial charge in [-0.05, 0) is 0 Å². The summed E-state index contributed by atoms with van der Waals surface area (Å²) >= 11 is 0. The van der Waals surface area contributed by atoms with Crippen molar-refractivity contribution < 1.29 is 34.8 Å². The first-order valence-electron chi connectivity index (χ1n) is 3.17. The van der Waals surface area contributed by atoms with E-state index in [-0.39, 0.29) is 8.41 Å². The van der Waals surface area contributed by atoms with Gasteiger partial charge in [-0.3, -0.25) is 9.59 Å². The Balaban J connectivity index is 0. The van der Waals surface area contributed by atoms with Gasteiger partial charge in [0.1, 0.15) is 0 Å². The monoisotopic (exact) mass is 203 g/mol. The normalized spacial score (nSPS) is 10.1. The molecule has 0 spiro atoms. The SMILES string of the molecule is O=C(O)CC(O)(CC(=O)O)C(=O)O.[B]. The van der Waals surface area contributed by atoms with E-state index in [0.717, 1.165) is 0 Å². The molecule has 14 heavy (non-hydrogen) atoms. The van der Waals surface area contributed by atoms with Gasteiger partial charge in [-0.25, -0.2) is 4.79 Å². The molecule has 0 fully saturated rings. The first-order valence-corrected chi connectivity index (χ1v) is 3.17. The fourth-order valence-electron chi connectivity index (χ4n) is 0.714. The largest absolute Gasteiger partial charge is 0.481 e. The summed E-state index contributed by atoms with van der Waals surface area (Å²) in [6.07, 6.45) is -2.29. The maximum Gasteiger partial charge on any atom is 0.336 e. The number of carboxylic acid groups (broad SMARTS) is 3. The fraction of sp³-hybridized carbons (Fsp3) is 0.500. The number of hydrogen-bond donors (Lipinski definition) is 4. The van der Waals surface area contributed by atoms with E-state index in [4.69, 9.17) is 20.4 Å². The van der Waals surface area contributed by atoms with Gasteiger partial charge in [-0.1, -0.05) is 0 Å². The zero-order chi connectivity index (χ0) is 10.6. The van der Waals surface area contributed by atoms with Crippen molar-refractivity contribution in [1.82, 2.24) is 0 Å². The molecule has 0 aromatic heterocycles. The topological polar surface area (TPSA) is 132 Å². The summed E-state index contributed by atoms with van der Waals surface area (Å²) in [6.45, 7) is 0. The second-order valence-electron chi connectivity index (χ2n) is 2.48. The molecule has 0 saturated heterocycles. The van der Waals surface area contributed by atoms with E-state index in [1.807, 2.05) is 0 Å². The molecule has 4 N–H and O–H groups in total. The highest BCUT2D eigenvalue weighted by Crippen LogP contribution is 2.15. The van der Waals surface area contributed by atoms with Gasteiger partial charge in [-0.2, -0.15) is 0 Å². The van der Waals surface area contributed by atoms with Crippen LogP contribution in [0, 0.1) is 0 Å². The van der Waals surface area contributed by atoms with Crippen LogP contribution in [0.15, 0.2) is 0 Å². The van der Waals surface area contributed by atoms with Crippen LogP contribution in [0.5, 0.6) is 0 Å². The molecule has 0 aliphatic carbocycles. The maximum absolute atomic E-state index is 10.3. The summed E-state index contributed by atoms with van der Waals surface area (Å²) in [4.78, 5) is 30.5. The molecule has 0 aliphatic heterocycles. The van der Waals surface area contributed by atoms with E-state index in [1.54, 1.807) is 0 Å². The Morgan fingerprint density at radius 1 is 0.929 bits per heavy atom. The second-order valence-corrected chi connectivity index (χ2v) is 2.48.